The molecule has 2 N–H and O–H groups in total. The van der Waals surface area contributed by atoms with Crippen LogP contribution in [0.1, 0.15) is 57.3 Å². The Morgan fingerprint density at radius 3 is 2.70 bits per heavy atom. The van der Waals surface area contributed by atoms with Crippen LogP contribution < -0.4 is 5.73 Å². The predicted octanol–water partition coefficient (Wildman–Crippen LogP) is 2.92. The van der Waals surface area contributed by atoms with E-state index in [0.29, 0.717) is 12.0 Å². The molecule has 2 aliphatic rings. The SMILES string of the molecule is CC1CC(C)CC(n2cncc2C(N)C2CCOC2)C1. The lowest BCUT2D eigenvalue weighted by atomic mass is 9.80. The van der Waals surface area contributed by atoms with Crippen molar-refractivity contribution in [1.82, 2.24) is 9.55 Å². The molecule has 4 nitrogen and oxygen atoms in total. The maximum absolute atomic E-state index is 6.48. The van der Waals surface area contributed by atoms with E-state index >= 15 is 0 Å². The lowest BCUT2D eigenvalue weighted by Gasteiger charge is -2.34. The molecule has 1 aromatic rings. The van der Waals surface area contributed by atoms with Gasteiger partial charge >= 0.3 is 0 Å². The second-order valence-electron chi connectivity index (χ2n) is 6.95. The van der Waals surface area contributed by atoms with Crippen molar-refractivity contribution in [3.05, 3.63) is 18.2 Å². The summed E-state index contributed by atoms with van der Waals surface area (Å²) in [7, 11) is 0. The van der Waals surface area contributed by atoms with E-state index in [-0.39, 0.29) is 6.04 Å². The minimum absolute atomic E-state index is 0.0625. The summed E-state index contributed by atoms with van der Waals surface area (Å²) in [5.74, 6) is 2.04. The van der Waals surface area contributed by atoms with E-state index in [0.717, 1.165) is 31.5 Å². The Labute approximate surface area is 121 Å². The van der Waals surface area contributed by atoms with Crippen molar-refractivity contribution in [2.24, 2.45) is 23.5 Å². The molecular weight excluding hydrogens is 250 g/mol. The summed E-state index contributed by atoms with van der Waals surface area (Å²) in [6, 6.07) is 0.632. The van der Waals surface area contributed by atoms with Gasteiger partial charge in [-0.2, -0.15) is 0 Å². The first-order valence-electron chi connectivity index (χ1n) is 8.00. The number of nitrogens with zero attached hydrogens (tertiary/aromatic N) is 2. The van der Waals surface area contributed by atoms with Crippen LogP contribution in [0.5, 0.6) is 0 Å². The topological polar surface area (TPSA) is 53.1 Å². The lowest BCUT2D eigenvalue weighted by Crippen LogP contribution is -2.28. The Morgan fingerprint density at radius 1 is 1.30 bits per heavy atom. The summed E-state index contributed by atoms with van der Waals surface area (Å²) in [4.78, 5) is 4.38. The molecule has 0 amide bonds. The fraction of sp³-hybridized carbons (Fsp3) is 0.812. The fourth-order valence-corrected chi connectivity index (χ4v) is 4.09. The third-order valence-corrected chi connectivity index (χ3v) is 5.06. The van der Waals surface area contributed by atoms with Gasteiger partial charge in [-0.3, -0.25) is 0 Å². The molecule has 1 aromatic heterocycles. The first kappa shape index (κ1) is 14.1. The van der Waals surface area contributed by atoms with E-state index in [9.17, 15) is 0 Å². The van der Waals surface area contributed by atoms with E-state index in [1.165, 1.54) is 25.0 Å². The van der Waals surface area contributed by atoms with Gasteiger partial charge < -0.3 is 15.0 Å². The molecule has 3 rings (SSSR count). The zero-order valence-electron chi connectivity index (χ0n) is 12.7. The van der Waals surface area contributed by atoms with E-state index in [1.54, 1.807) is 0 Å². The molecule has 0 bridgehead atoms. The van der Waals surface area contributed by atoms with Crippen LogP contribution in [-0.2, 0) is 4.74 Å². The van der Waals surface area contributed by atoms with E-state index in [4.69, 9.17) is 10.5 Å². The van der Waals surface area contributed by atoms with Crippen LogP contribution in [0.25, 0.3) is 0 Å². The number of ether oxygens (including phenoxy) is 1. The molecule has 112 valence electrons. The van der Waals surface area contributed by atoms with Crippen molar-refractivity contribution in [3.63, 3.8) is 0 Å². The van der Waals surface area contributed by atoms with Crippen molar-refractivity contribution >= 4 is 0 Å². The molecule has 0 aromatic carbocycles. The lowest BCUT2D eigenvalue weighted by molar-refractivity contribution is 0.178. The standard InChI is InChI=1S/C16H27N3O/c1-11-5-12(2)7-14(6-11)19-10-18-8-15(19)16(17)13-3-4-20-9-13/h8,10-14,16H,3-7,9,17H2,1-2H3. The number of nitrogens with two attached hydrogens (primary N) is 1. The molecule has 1 aliphatic heterocycles. The highest BCUT2D eigenvalue weighted by molar-refractivity contribution is 5.09. The average molecular weight is 277 g/mol. The zero-order chi connectivity index (χ0) is 14.1. The van der Waals surface area contributed by atoms with E-state index < -0.39 is 0 Å². The van der Waals surface area contributed by atoms with Gasteiger partial charge in [0.15, 0.2) is 0 Å². The van der Waals surface area contributed by atoms with Crippen LogP contribution in [0.4, 0.5) is 0 Å². The number of imidazole rings is 1. The molecule has 1 saturated carbocycles. The van der Waals surface area contributed by atoms with Crippen molar-refractivity contribution in [2.45, 2.75) is 51.6 Å². The van der Waals surface area contributed by atoms with Crippen LogP contribution >= 0.6 is 0 Å². The number of rotatable bonds is 3. The van der Waals surface area contributed by atoms with Gasteiger partial charge in [-0.1, -0.05) is 13.8 Å². The summed E-state index contributed by atoms with van der Waals surface area (Å²) in [6.45, 7) is 6.38. The molecule has 0 radical (unpaired) electrons. The summed E-state index contributed by atoms with van der Waals surface area (Å²) in [5.41, 5.74) is 7.68. The predicted molar refractivity (Wildman–Crippen MR) is 79.3 cm³/mol. The van der Waals surface area contributed by atoms with Gasteiger partial charge in [-0.05, 0) is 37.5 Å². The minimum Gasteiger partial charge on any atom is -0.381 e. The second kappa shape index (κ2) is 5.86. The highest BCUT2D eigenvalue weighted by Gasteiger charge is 2.30. The third-order valence-electron chi connectivity index (χ3n) is 5.06. The van der Waals surface area contributed by atoms with E-state index in [2.05, 4.69) is 23.4 Å². The van der Waals surface area contributed by atoms with Gasteiger partial charge in [-0.15, -0.1) is 0 Å². The Hall–Kier alpha value is -0.870. The van der Waals surface area contributed by atoms with Gasteiger partial charge in [-0.25, -0.2) is 4.98 Å². The molecule has 4 heteroatoms. The van der Waals surface area contributed by atoms with Gasteiger partial charge in [0.05, 0.1) is 24.7 Å². The van der Waals surface area contributed by atoms with Gasteiger partial charge in [0.25, 0.3) is 0 Å². The number of aromatic nitrogens is 2. The van der Waals surface area contributed by atoms with Crippen molar-refractivity contribution < 1.29 is 4.74 Å². The van der Waals surface area contributed by atoms with Crippen LogP contribution in [0.2, 0.25) is 0 Å². The Morgan fingerprint density at radius 2 is 2.05 bits per heavy atom. The molecule has 2 heterocycles. The van der Waals surface area contributed by atoms with Crippen LogP contribution in [0.15, 0.2) is 12.5 Å². The van der Waals surface area contributed by atoms with Gasteiger partial charge in [0, 0.05) is 24.8 Å². The maximum atomic E-state index is 6.48. The number of hydrogen-bond donors (Lipinski definition) is 1. The van der Waals surface area contributed by atoms with Crippen molar-refractivity contribution in [1.29, 1.82) is 0 Å². The van der Waals surface area contributed by atoms with Crippen LogP contribution in [-0.4, -0.2) is 22.8 Å². The molecule has 1 aliphatic carbocycles. The Balaban J connectivity index is 1.78. The molecule has 4 atom stereocenters. The first-order chi connectivity index (χ1) is 9.65. The Bertz CT molecular complexity index is 429. The van der Waals surface area contributed by atoms with Crippen molar-refractivity contribution in [3.8, 4) is 0 Å². The smallest absolute Gasteiger partial charge is 0.0951 e. The van der Waals surface area contributed by atoms with Gasteiger partial charge in [0.2, 0.25) is 0 Å². The highest BCUT2D eigenvalue weighted by Crippen LogP contribution is 2.38. The van der Waals surface area contributed by atoms with Crippen LogP contribution in [0.3, 0.4) is 0 Å². The van der Waals surface area contributed by atoms with E-state index in [1.807, 2.05) is 12.5 Å². The average Bonchev–Trinajstić information content (AvgIpc) is 3.08. The fourth-order valence-electron chi connectivity index (χ4n) is 4.09. The highest BCUT2D eigenvalue weighted by atomic mass is 16.5. The third kappa shape index (κ3) is 2.77. The molecule has 0 spiro atoms. The molecule has 2 fully saturated rings. The maximum Gasteiger partial charge on any atom is 0.0951 e. The summed E-state index contributed by atoms with van der Waals surface area (Å²) in [5, 5.41) is 0. The summed E-state index contributed by atoms with van der Waals surface area (Å²) >= 11 is 0. The Kier molecular flexibility index (Phi) is 4.13. The molecule has 20 heavy (non-hydrogen) atoms. The summed E-state index contributed by atoms with van der Waals surface area (Å²) < 4.78 is 7.84. The zero-order valence-corrected chi connectivity index (χ0v) is 12.7. The largest absolute Gasteiger partial charge is 0.381 e. The number of hydrogen-bond acceptors (Lipinski definition) is 3. The molecule has 4 unspecified atom stereocenters. The normalized spacial score (nSPS) is 36.1. The quantitative estimate of drug-likeness (QED) is 0.924. The first-order valence-corrected chi connectivity index (χ1v) is 8.00. The second-order valence-corrected chi connectivity index (χ2v) is 6.95. The van der Waals surface area contributed by atoms with Crippen molar-refractivity contribution in [2.75, 3.05) is 13.2 Å². The van der Waals surface area contributed by atoms with Gasteiger partial charge in [0.1, 0.15) is 0 Å². The van der Waals surface area contributed by atoms with Crippen LogP contribution in [0, 0.1) is 17.8 Å². The monoisotopic (exact) mass is 277 g/mol. The summed E-state index contributed by atoms with van der Waals surface area (Å²) in [6.07, 6.45) is 8.88. The molecule has 1 saturated heterocycles. The minimum atomic E-state index is 0.0625. The molecular formula is C16H27N3O.